The Morgan fingerprint density at radius 1 is 1.22 bits per heavy atom. The summed E-state index contributed by atoms with van der Waals surface area (Å²) in [4.78, 5) is 14.5. The zero-order chi connectivity index (χ0) is 16.2. The van der Waals surface area contributed by atoms with Crippen LogP contribution in [0.1, 0.15) is 5.89 Å². The van der Waals surface area contributed by atoms with Crippen LogP contribution in [-0.4, -0.2) is 9.91 Å². The highest BCUT2D eigenvalue weighted by Gasteiger charge is 2.08. The molecule has 0 amide bonds. The van der Waals surface area contributed by atoms with Gasteiger partial charge in [0.05, 0.1) is 17.7 Å². The maximum Gasteiger partial charge on any atom is 0.271 e. The van der Waals surface area contributed by atoms with Crippen molar-refractivity contribution in [1.82, 2.24) is 4.98 Å². The molecule has 6 nitrogen and oxygen atoms in total. The van der Waals surface area contributed by atoms with Crippen LogP contribution in [0.2, 0.25) is 5.02 Å². The largest absolute Gasteiger partial charge is 0.439 e. The zero-order valence-electron chi connectivity index (χ0n) is 11.9. The summed E-state index contributed by atoms with van der Waals surface area (Å²) >= 11 is 5.95. The Bertz CT molecular complexity index is 848. The highest BCUT2D eigenvalue weighted by atomic mass is 35.5. The molecule has 2 aromatic carbocycles. The van der Waals surface area contributed by atoms with E-state index in [1.807, 2.05) is 12.1 Å². The van der Waals surface area contributed by atoms with E-state index >= 15 is 0 Å². The van der Waals surface area contributed by atoms with Gasteiger partial charge in [-0.05, 0) is 18.2 Å². The number of oxazole rings is 1. The van der Waals surface area contributed by atoms with Gasteiger partial charge in [-0.2, -0.15) is 0 Å². The van der Waals surface area contributed by atoms with E-state index in [1.165, 1.54) is 12.1 Å². The average molecular weight is 330 g/mol. The standard InChI is InChI=1S/C16H12ClN3O3/c17-12-4-1-3-11(7-12)15-9-19-16(23-15)10-18-13-5-2-6-14(8-13)20(21)22/h1-9,18H,10H2. The van der Waals surface area contributed by atoms with Crippen molar-refractivity contribution in [2.45, 2.75) is 6.54 Å². The van der Waals surface area contributed by atoms with E-state index in [9.17, 15) is 10.1 Å². The van der Waals surface area contributed by atoms with E-state index in [1.54, 1.807) is 30.5 Å². The molecule has 7 heteroatoms. The van der Waals surface area contributed by atoms with Crippen molar-refractivity contribution < 1.29 is 9.34 Å². The summed E-state index contributed by atoms with van der Waals surface area (Å²) in [5, 5.41) is 14.4. The Kier molecular flexibility index (Phi) is 4.25. The van der Waals surface area contributed by atoms with E-state index in [4.69, 9.17) is 16.0 Å². The lowest BCUT2D eigenvalue weighted by molar-refractivity contribution is -0.384. The van der Waals surface area contributed by atoms with Crippen LogP contribution in [0.15, 0.2) is 59.1 Å². The molecule has 1 heterocycles. The molecule has 0 fully saturated rings. The third kappa shape index (κ3) is 3.67. The molecule has 0 unspecified atom stereocenters. The van der Waals surface area contributed by atoms with Crippen LogP contribution in [0.3, 0.4) is 0 Å². The second kappa shape index (κ2) is 6.50. The summed E-state index contributed by atoms with van der Waals surface area (Å²) in [5.41, 5.74) is 1.50. The van der Waals surface area contributed by atoms with Gasteiger partial charge < -0.3 is 9.73 Å². The van der Waals surface area contributed by atoms with Crippen molar-refractivity contribution >= 4 is 23.0 Å². The third-order valence-electron chi connectivity index (χ3n) is 3.16. The van der Waals surface area contributed by atoms with Crippen molar-refractivity contribution in [2.75, 3.05) is 5.32 Å². The van der Waals surface area contributed by atoms with Crippen LogP contribution in [0, 0.1) is 10.1 Å². The number of hydrogen-bond acceptors (Lipinski definition) is 5. The Morgan fingerprint density at radius 3 is 2.83 bits per heavy atom. The molecular weight excluding hydrogens is 318 g/mol. The van der Waals surface area contributed by atoms with Gasteiger partial charge in [-0.25, -0.2) is 4.98 Å². The van der Waals surface area contributed by atoms with Gasteiger partial charge in [0.2, 0.25) is 5.89 Å². The van der Waals surface area contributed by atoms with Gasteiger partial charge >= 0.3 is 0 Å². The van der Waals surface area contributed by atoms with Gasteiger partial charge in [0.15, 0.2) is 5.76 Å². The number of hydrogen-bond donors (Lipinski definition) is 1. The third-order valence-corrected chi connectivity index (χ3v) is 3.40. The molecule has 0 bridgehead atoms. The van der Waals surface area contributed by atoms with Crippen LogP contribution < -0.4 is 5.32 Å². The smallest absolute Gasteiger partial charge is 0.271 e. The molecule has 0 aliphatic carbocycles. The number of benzene rings is 2. The fraction of sp³-hybridized carbons (Fsp3) is 0.0625. The first-order chi connectivity index (χ1) is 11.1. The summed E-state index contributed by atoms with van der Waals surface area (Å²) in [6.07, 6.45) is 1.62. The van der Waals surface area contributed by atoms with Crippen LogP contribution in [0.25, 0.3) is 11.3 Å². The zero-order valence-corrected chi connectivity index (χ0v) is 12.7. The molecule has 0 radical (unpaired) electrons. The van der Waals surface area contributed by atoms with Crippen molar-refractivity contribution in [3.63, 3.8) is 0 Å². The van der Waals surface area contributed by atoms with Gasteiger partial charge in [0.1, 0.15) is 0 Å². The van der Waals surface area contributed by atoms with Crippen LogP contribution in [0.5, 0.6) is 0 Å². The highest BCUT2D eigenvalue weighted by Crippen LogP contribution is 2.24. The predicted octanol–water partition coefficient (Wildman–Crippen LogP) is 4.52. The molecule has 23 heavy (non-hydrogen) atoms. The van der Waals surface area contributed by atoms with Crippen molar-refractivity contribution in [1.29, 1.82) is 0 Å². The quantitative estimate of drug-likeness (QED) is 0.550. The molecule has 1 aromatic heterocycles. The molecule has 3 aromatic rings. The first kappa shape index (κ1) is 15.1. The first-order valence-electron chi connectivity index (χ1n) is 6.81. The summed E-state index contributed by atoms with van der Waals surface area (Å²) < 4.78 is 5.66. The molecule has 1 N–H and O–H groups in total. The van der Waals surface area contributed by atoms with Crippen molar-refractivity contribution in [2.24, 2.45) is 0 Å². The van der Waals surface area contributed by atoms with E-state index in [0.717, 1.165) is 5.56 Å². The number of rotatable bonds is 5. The molecule has 0 saturated carbocycles. The van der Waals surface area contributed by atoms with E-state index in [2.05, 4.69) is 10.3 Å². The summed E-state index contributed by atoms with van der Waals surface area (Å²) in [7, 11) is 0. The monoisotopic (exact) mass is 329 g/mol. The molecule has 0 atom stereocenters. The molecule has 116 valence electrons. The second-order valence-corrected chi connectivity index (χ2v) is 5.23. The second-order valence-electron chi connectivity index (χ2n) is 4.79. The Labute approximate surface area is 136 Å². The lowest BCUT2D eigenvalue weighted by Crippen LogP contribution is -2.00. The number of halogens is 1. The Balaban J connectivity index is 1.70. The van der Waals surface area contributed by atoms with Crippen LogP contribution in [0.4, 0.5) is 11.4 Å². The maximum atomic E-state index is 10.8. The number of nitro groups is 1. The van der Waals surface area contributed by atoms with Gasteiger partial charge in [-0.15, -0.1) is 0 Å². The molecule has 0 aliphatic rings. The minimum atomic E-state index is -0.437. The minimum absolute atomic E-state index is 0.0296. The molecular formula is C16H12ClN3O3. The topological polar surface area (TPSA) is 81.2 Å². The van der Waals surface area contributed by atoms with Gasteiger partial charge in [-0.1, -0.05) is 29.8 Å². The highest BCUT2D eigenvalue weighted by molar-refractivity contribution is 6.30. The van der Waals surface area contributed by atoms with Crippen molar-refractivity contribution in [3.8, 4) is 11.3 Å². The van der Waals surface area contributed by atoms with Crippen molar-refractivity contribution in [3.05, 3.63) is 75.8 Å². The number of non-ortho nitro benzene ring substituents is 1. The van der Waals surface area contributed by atoms with Gasteiger partial charge in [-0.3, -0.25) is 10.1 Å². The maximum absolute atomic E-state index is 10.8. The molecule has 0 aliphatic heterocycles. The van der Waals surface area contributed by atoms with Gasteiger partial charge in [0, 0.05) is 28.4 Å². The Hall–Kier alpha value is -2.86. The number of nitro benzene ring substituents is 1. The molecule has 3 rings (SSSR count). The number of nitrogens with one attached hydrogen (secondary N) is 1. The van der Waals surface area contributed by atoms with E-state index < -0.39 is 4.92 Å². The summed E-state index contributed by atoms with van der Waals surface area (Å²) in [6.45, 7) is 0.321. The lowest BCUT2D eigenvalue weighted by Gasteiger charge is -2.03. The fourth-order valence-corrected chi connectivity index (χ4v) is 2.26. The Morgan fingerprint density at radius 2 is 2.04 bits per heavy atom. The number of aromatic nitrogens is 1. The van der Waals surface area contributed by atoms with Crippen LogP contribution in [-0.2, 0) is 6.54 Å². The molecule has 0 spiro atoms. The van der Waals surface area contributed by atoms with E-state index in [0.29, 0.717) is 28.9 Å². The first-order valence-corrected chi connectivity index (χ1v) is 7.18. The van der Waals surface area contributed by atoms with E-state index in [-0.39, 0.29) is 5.69 Å². The molecule has 0 saturated heterocycles. The minimum Gasteiger partial charge on any atom is -0.439 e. The SMILES string of the molecule is O=[N+]([O-])c1cccc(NCc2ncc(-c3cccc(Cl)c3)o2)c1. The summed E-state index contributed by atoms with van der Waals surface area (Å²) in [5.74, 6) is 1.09. The normalized spacial score (nSPS) is 10.5. The number of nitrogens with zero attached hydrogens (tertiary/aromatic N) is 2. The average Bonchev–Trinajstić information content (AvgIpc) is 3.02. The fourth-order valence-electron chi connectivity index (χ4n) is 2.07. The lowest BCUT2D eigenvalue weighted by atomic mass is 10.2. The summed E-state index contributed by atoms with van der Waals surface area (Å²) in [6, 6.07) is 13.5. The van der Waals surface area contributed by atoms with Crippen LogP contribution >= 0.6 is 11.6 Å². The predicted molar refractivity (Wildman–Crippen MR) is 87.4 cm³/mol. The number of anilines is 1. The van der Waals surface area contributed by atoms with Gasteiger partial charge in [0.25, 0.3) is 5.69 Å².